The van der Waals surface area contributed by atoms with Crippen LogP contribution >= 0.6 is 0 Å². The van der Waals surface area contributed by atoms with Gasteiger partial charge < -0.3 is 0 Å². The summed E-state index contributed by atoms with van der Waals surface area (Å²) in [6, 6.07) is 5.71. The van der Waals surface area contributed by atoms with Crippen LogP contribution in [0.25, 0.3) is 5.65 Å². The van der Waals surface area contributed by atoms with Crippen molar-refractivity contribution in [3.63, 3.8) is 0 Å². The lowest BCUT2D eigenvalue weighted by atomic mass is 9.98. The molecule has 0 amide bonds. The number of fused-ring (bicyclic) bond motifs is 2. The van der Waals surface area contributed by atoms with Gasteiger partial charge in [0.15, 0.2) is 0 Å². The molecule has 0 fully saturated rings. The van der Waals surface area contributed by atoms with Crippen molar-refractivity contribution >= 4 is 5.65 Å². The van der Waals surface area contributed by atoms with Crippen molar-refractivity contribution in [1.29, 1.82) is 0 Å². The van der Waals surface area contributed by atoms with Crippen LogP contribution in [0, 0.1) is 0 Å². The summed E-state index contributed by atoms with van der Waals surface area (Å²) in [5.74, 6) is 0. The molecule has 0 radical (unpaired) electrons. The van der Waals surface area contributed by atoms with Crippen molar-refractivity contribution < 1.29 is 0 Å². The van der Waals surface area contributed by atoms with Crippen molar-refractivity contribution in [3.8, 4) is 0 Å². The highest BCUT2D eigenvalue weighted by molar-refractivity contribution is 5.40. The first-order valence-electron chi connectivity index (χ1n) is 6.35. The number of hydrogen-bond donors (Lipinski definition) is 0. The second kappa shape index (κ2) is 4.32. The van der Waals surface area contributed by atoms with Crippen LogP contribution in [0.3, 0.4) is 0 Å². The van der Waals surface area contributed by atoms with Crippen LogP contribution in [0.2, 0.25) is 0 Å². The molecule has 0 atom stereocenters. The third-order valence-electron chi connectivity index (χ3n) is 3.50. The zero-order chi connectivity index (χ0) is 11.7. The summed E-state index contributed by atoms with van der Waals surface area (Å²) in [5, 5.41) is 0. The molecule has 0 unspecified atom stereocenters. The van der Waals surface area contributed by atoms with E-state index in [1.165, 1.54) is 12.8 Å². The Kier molecular flexibility index (Phi) is 2.67. The van der Waals surface area contributed by atoms with Gasteiger partial charge in [-0.2, -0.15) is 0 Å². The maximum atomic E-state index is 12.4. The molecular formula is C14H16N2O. The van der Waals surface area contributed by atoms with E-state index in [1.54, 1.807) is 4.40 Å². The maximum absolute atomic E-state index is 12.4. The van der Waals surface area contributed by atoms with Gasteiger partial charge in [-0.15, -0.1) is 0 Å². The molecule has 2 heterocycles. The molecule has 1 aliphatic rings. The summed E-state index contributed by atoms with van der Waals surface area (Å²) in [6.07, 6.45) is 8.41. The number of aryl methyl sites for hydroxylation is 1. The standard InChI is InChI=1S/C14H16N2O/c17-14-11-7-3-1-2-4-8-12(11)15-13-9-5-6-10-16(13)14/h5-6,9-10H,1-4,7-8H2. The van der Waals surface area contributed by atoms with Gasteiger partial charge in [-0.1, -0.05) is 18.9 Å². The number of hydrogen-bond acceptors (Lipinski definition) is 2. The summed E-state index contributed by atoms with van der Waals surface area (Å²) < 4.78 is 1.67. The third-order valence-corrected chi connectivity index (χ3v) is 3.50. The summed E-state index contributed by atoms with van der Waals surface area (Å²) in [6.45, 7) is 0. The molecule has 2 aromatic heterocycles. The Bertz CT molecular complexity index is 601. The lowest BCUT2D eigenvalue weighted by molar-refractivity contribution is 0.603. The van der Waals surface area contributed by atoms with Crippen LogP contribution in [0.1, 0.15) is 36.9 Å². The van der Waals surface area contributed by atoms with E-state index >= 15 is 0 Å². The summed E-state index contributed by atoms with van der Waals surface area (Å²) in [7, 11) is 0. The average Bonchev–Trinajstić information content (AvgIpc) is 2.32. The van der Waals surface area contributed by atoms with E-state index in [-0.39, 0.29) is 5.56 Å². The van der Waals surface area contributed by atoms with E-state index in [0.29, 0.717) is 0 Å². The largest absolute Gasteiger partial charge is 0.269 e. The summed E-state index contributed by atoms with van der Waals surface area (Å²) in [4.78, 5) is 17.0. The lowest BCUT2D eigenvalue weighted by Gasteiger charge is -2.13. The molecule has 88 valence electrons. The van der Waals surface area contributed by atoms with Crippen molar-refractivity contribution in [2.24, 2.45) is 0 Å². The molecule has 3 rings (SSSR count). The van der Waals surface area contributed by atoms with Crippen molar-refractivity contribution in [2.75, 3.05) is 0 Å². The van der Waals surface area contributed by atoms with Gasteiger partial charge in [-0.25, -0.2) is 4.98 Å². The molecule has 3 heteroatoms. The van der Waals surface area contributed by atoms with E-state index in [4.69, 9.17) is 0 Å². The first kappa shape index (κ1) is 10.5. The molecule has 0 spiro atoms. The molecule has 0 saturated carbocycles. The Morgan fingerprint density at radius 2 is 1.88 bits per heavy atom. The maximum Gasteiger partial charge on any atom is 0.261 e. The Morgan fingerprint density at radius 3 is 2.76 bits per heavy atom. The number of nitrogens with zero attached hydrogens (tertiary/aromatic N) is 2. The van der Waals surface area contributed by atoms with Crippen LogP contribution in [0.5, 0.6) is 0 Å². The minimum Gasteiger partial charge on any atom is -0.269 e. The minimum absolute atomic E-state index is 0.132. The fraction of sp³-hybridized carbons (Fsp3) is 0.429. The molecule has 2 aromatic rings. The average molecular weight is 228 g/mol. The summed E-state index contributed by atoms with van der Waals surface area (Å²) >= 11 is 0. The van der Waals surface area contributed by atoms with Crippen molar-refractivity contribution in [3.05, 3.63) is 46.0 Å². The zero-order valence-electron chi connectivity index (χ0n) is 9.85. The fourth-order valence-corrected chi connectivity index (χ4v) is 2.58. The normalized spacial score (nSPS) is 16.2. The van der Waals surface area contributed by atoms with Gasteiger partial charge in [-0.05, 0) is 37.8 Å². The quantitative estimate of drug-likeness (QED) is 0.693. The van der Waals surface area contributed by atoms with Gasteiger partial charge in [0.2, 0.25) is 0 Å². The predicted octanol–water partition coefficient (Wildman–Crippen LogP) is 2.35. The Balaban J connectivity index is 2.25. The van der Waals surface area contributed by atoms with E-state index in [9.17, 15) is 4.79 Å². The van der Waals surface area contributed by atoms with Gasteiger partial charge >= 0.3 is 0 Å². The molecule has 3 nitrogen and oxygen atoms in total. The Labute approximate surface area is 100 Å². The van der Waals surface area contributed by atoms with Gasteiger partial charge in [0.1, 0.15) is 5.65 Å². The third kappa shape index (κ3) is 1.86. The summed E-state index contributed by atoms with van der Waals surface area (Å²) in [5.41, 5.74) is 2.87. The van der Waals surface area contributed by atoms with E-state index in [2.05, 4.69) is 4.98 Å². The molecule has 0 aliphatic heterocycles. The molecule has 0 bridgehead atoms. The first-order chi connectivity index (χ1) is 8.36. The van der Waals surface area contributed by atoms with E-state index in [0.717, 1.165) is 42.6 Å². The highest BCUT2D eigenvalue weighted by Crippen LogP contribution is 2.16. The van der Waals surface area contributed by atoms with Crippen molar-refractivity contribution in [2.45, 2.75) is 38.5 Å². The monoisotopic (exact) mass is 228 g/mol. The second-order valence-electron chi connectivity index (χ2n) is 4.69. The van der Waals surface area contributed by atoms with Crippen LogP contribution in [-0.4, -0.2) is 9.38 Å². The van der Waals surface area contributed by atoms with E-state index < -0.39 is 0 Å². The van der Waals surface area contributed by atoms with Crippen LogP contribution in [0.4, 0.5) is 0 Å². The molecule has 1 aliphatic carbocycles. The number of pyridine rings is 1. The lowest BCUT2D eigenvalue weighted by Crippen LogP contribution is -2.23. The highest BCUT2D eigenvalue weighted by Gasteiger charge is 2.13. The van der Waals surface area contributed by atoms with Crippen molar-refractivity contribution in [1.82, 2.24) is 9.38 Å². The fourth-order valence-electron chi connectivity index (χ4n) is 2.58. The first-order valence-corrected chi connectivity index (χ1v) is 6.35. The Morgan fingerprint density at radius 1 is 1.06 bits per heavy atom. The zero-order valence-corrected chi connectivity index (χ0v) is 9.85. The number of aromatic nitrogens is 2. The van der Waals surface area contributed by atoms with Gasteiger partial charge in [0, 0.05) is 11.8 Å². The van der Waals surface area contributed by atoms with Crippen LogP contribution in [0.15, 0.2) is 29.2 Å². The molecule has 0 aromatic carbocycles. The highest BCUT2D eigenvalue weighted by atomic mass is 16.1. The topological polar surface area (TPSA) is 34.4 Å². The van der Waals surface area contributed by atoms with Gasteiger partial charge in [-0.3, -0.25) is 9.20 Å². The Hall–Kier alpha value is -1.64. The van der Waals surface area contributed by atoms with Crippen LogP contribution < -0.4 is 5.56 Å². The molecule has 0 N–H and O–H groups in total. The molecule has 17 heavy (non-hydrogen) atoms. The van der Waals surface area contributed by atoms with Crippen LogP contribution in [-0.2, 0) is 12.8 Å². The minimum atomic E-state index is 0.132. The smallest absolute Gasteiger partial charge is 0.261 e. The van der Waals surface area contributed by atoms with E-state index in [1.807, 2.05) is 24.4 Å². The van der Waals surface area contributed by atoms with Gasteiger partial charge in [0.25, 0.3) is 5.56 Å². The second-order valence-corrected chi connectivity index (χ2v) is 4.69. The molecular weight excluding hydrogens is 212 g/mol. The SMILES string of the molecule is O=c1c2c(nc3ccccn13)CCCCCC2. The predicted molar refractivity (Wildman–Crippen MR) is 67.3 cm³/mol. The van der Waals surface area contributed by atoms with Gasteiger partial charge in [0.05, 0.1) is 5.69 Å². The molecule has 0 saturated heterocycles. The number of rotatable bonds is 0.